The van der Waals surface area contributed by atoms with Crippen LogP contribution in [0.5, 0.6) is 0 Å². The van der Waals surface area contributed by atoms with Crippen molar-refractivity contribution in [3.05, 3.63) is 0 Å². The van der Waals surface area contributed by atoms with Gasteiger partial charge in [0.2, 0.25) is 0 Å². The van der Waals surface area contributed by atoms with Gasteiger partial charge in [-0.25, -0.2) is 4.79 Å². The number of carbonyl (C=O) groups excluding carboxylic acids is 2. The van der Waals surface area contributed by atoms with Gasteiger partial charge in [0.05, 0.1) is 11.4 Å². The second-order valence-corrected chi connectivity index (χ2v) is 5.08. The largest absolute Gasteiger partial charge is 0.444 e. The van der Waals surface area contributed by atoms with Crippen molar-refractivity contribution in [2.45, 2.75) is 45.8 Å². The zero-order valence-electron chi connectivity index (χ0n) is 9.81. The molecule has 0 aliphatic heterocycles. The Labute approximate surface area is 95.3 Å². The number of Topliss-reactive ketones (excluding diaryl/α,β-unsaturated/α-hetero) is 1. The number of alkyl halides is 1. The molecule has 0 aliphatic carbocycles. The summed E-state index contributed by atoms with van der Waals surface area (Å²) in [5, 5.41) is 2.47. The smallest absolute Gasteiger partial charge is 0.408 e. The molecule has 0 rings (SSSR count). The van der Waals surface area contributed by atoms with Crippen LogP contribution in [0.1, 0.15) is 34.6 Å². The molecule has 0 aromatic carbocycles. The second-order valence-electron chi connectivity index (χ2n) is 4.81. The van der Waals surface area contributed by atoms with Crippen molar-refractivity contribution in [2.75, 3.05) is 5.88 Å². The maximum atomic E-state index is 11.4. The van der Waals surface area contributed by atoms with Gasteiger partial charge in [-0.05, 0) is 34.6 Å². The van der Waals surface area contributed by atoms with Crippen LogP contribution in [-0.2, 0) is 9.53 Å². The molecule has 0 atom stereocenters. The number of nitrogens with one attached hydrogen (secondary N) is 1. The molecule has 0 saturated heterocycles. The Morgan fingerprint density at radius 3 is 2.00 bits per heavy atom. The van der Waals surface area contributed by atoms with Gasteiger partial charge in [-0.2, -0.15) is 0 Å². The molecule has 0 bridgehead atoms. The van der Waals surface area contributed by atoms with E-state index in [-0.39, 0.29) is 11.7 Å². The number of hydrogen-bond acceptors (Lipinski definition) is 3. The first-order chi connectivity index (χ1) is 6.58. The highest BCUT2D eigenvalue weighted by molar-refractivity contribution is 6.29. The van der Waals surface area contributed by atoms with Crippen LogP contribution in [0.25, 0.3) is 0 Å². The average Bonchev–Trinajstić information content (AvgIpc) is 1.97. The van der Waals surface area contributed by atoms with Gasteiger partial charge in [0.1, 0.15) is 5.60 Å². The first kappa shape index (κ1) is 14.2. The summed E-state index contributed by atoms with van der Waals surface area (Å²) in [6, 6.07) is 0. The van der Waals surface area contributed by atoms with Crippen molar-refractivity contribution >= 4 is 23.5 Å². The van der Waals surface area contributed by atoms with Gasteiger partial charge in [0.25, 0.3) is 0 Å². The topological polar surface area (TPSA) is 55.4 Å². The molecule has 0 aromatic rings. The van der Waals surface area contributed by atoms with E-state index in [0.717, 1.165) is 0 Å². The number of carbonyl (C=O) groups is 2. The fraction of sp³-hybridized carbons (Fsp3) is 0.800. The molecule has 0 fully saturated rings. The van der Waals surface area contributed by atoms with Crippen LogP contribution in [-0.4, -0.2) is 28.9 Å². The molecular formula is C10H18ClNO3. The minimum absolute atomic E-state index is 0.136. The van der Waals surface area contributed by atoms with Gasteiger partial charge >= 0.3 is 6.09 Å². The highest BCUT2D eigenvalue weighted by Crippen LogP contribution is 2.10. The number of ketones is 1. The number of amides is 1. The molecule has 0 spiro atoms. The van der Waals surface area contributed by atoms with Crippen molar-refractivity contribution in [1.82, 2.24) is 5.32 Å². The summed E-state index contributed by atoms with van der Waals surface area (Å²) in [5.74, 6) is -0.391. The molecule has 1 N–H and O–H groups in total. The van der Waals surface area contributed by atoms with Gasteiger partial charge in [-0.15, -0.1) is 11.6 Å². The predicted octanol–water partition coefficient (Wildman–Crippen LogP) is 2.10. The lowest BCUT2D eigenvalue weighted by Gasteiger charge is -2.26. The molecule has 1 amide bonds. The van der Waals surface area contributed by atoms with Crippen molar-refractivity contribution < 1.29 is 14.3 Å². The van der Waals surface area contributed by atoms with Crippen LogP contribution in [0.3, 0.4) is 0 Å². The summed E-state index contributed by atoms with van der Waals surface area (Å²) >= 11 is 5.41. The lowest BCUT2D eigenvalue weighted by Crippen LogP contribution is -2.51. The lowest BCUT2D eigenvalue weighted by molar-refractivity contribution is -0.121. The van der Waals surface area contributed by atoms with E-state index >= 15 is 0 Å². The van der Waals surface area contributed by atoms with Crippen LogP contribution in [0.2, 0.25) is 0 Å². The number of ether oxygens (including phenoxy) is 1. The highest BCUT2D eigenvalue weighted by atomic mass is 35.5. The zero-order chi connectivity index (χ0) is 12.3. The minimum atomic E-state index is -0.996. The van der Waals surface area contributed by atoms with Crippen molar-refractivity contribution in [2.24, 2.45) is 0 Å². The van der Waals surface area contributed by atoms with E-state index in [2.05, 4.69) is 5.32 Å². The summed E-state index contributed by atoms with van der Waals surface area (Å²) in [5.41, 5.74) is -1.58. The van der Waals surface area contributed by atoms with Gasteiger partial charge in [-0.1, -0.05) is 0 Å². The van der Waals surface area contributed by atoms with Crippen LogP contribution in [0, 0.1) is 0 Å². The monoisotopic (exact) mass is 235 g/mol. The predicted molar refractivity (Wildman–Crippen MR) is 59.2 cm³/mol. The molecule has 0 heterocycles. The number of halogens is 1. The van der Waals surface area contributed by atoms with E-state index in [0.29, 0.717) is 0 Å². The maximum Gasteiger partial charge on any atom is 0.408 e. The summed E-state index contributed by atoms with van der Waals surface area (Å²) in [6.07, 6.45) is -0.619. The second kappa shape index (κ2) is 4.84. The first-order valence-corrected chi connectivity index (χ1v) is 5.22. The minimum Gasteiger partial charge on any atom is -0.444 e. The standard InChI is InChI=1S/C10H18ClNO3/c1-9(2,3)15-8(14)12-10(4,5)7(13)6-11/h6H2,1-5H3,(H,12,14). The van der Waals surface area contributed by atoms with E-state index in [9.17, 15) is 9.59 Å². The Hall–Kier alpha value is -0.770. The van der Waals surface area contributed by atoms with E-state index in [1.807, 2.05) is 0 Å². The van der Waals surface area contributed by atoms with Gasteiger partial charge in [0, 0.05) is 0 Å². The Bertz CT molecular complexity index is 256. The third-order valence-corrected chi connectivity index (χ3v) is 1.87. The molecule has 0 saturated carbocycles. The van der Waals surface area contributed by atoms with E-state index < -0.39 is 17.2 Å². The van der Waals surface area contributed by atoms with Gasteiger partial charge in [-0.3, -0.25) is 4.79 Å². The molecular weight excluding hydrogens is 218 g/mol. The summed E-state index contributed by atoms with van der Waals surface area (Å²) in [7, 11) is 0. The lowest BCUT2D eigenvalue weighted by atomic mass is 10.0. The quantitative estimate of drug-likeness (QED) is 0.763. The summed E-state index contributed by atoms with van der Waals surface area (Å²) in [4.78, 5) is 22.7. The molecule has 4 nitrogen and oxygen atoms in total. The Morgan fingerprint density at radius 2 is 1.67 bits per heavy atom. The average molecular weight is 236 g/mol. The zero-order valence-corrected chi connectivity index (χ0v) is 10.6. The van der Waals surface area contributed by atoms with Crippen molar-refractivity contribution in [3.8, 4) is 0 Å². The van der Waals surface area contributed by atoms with E-state index in [1.165, 1.54) is 0 Å². The Kier molecular flexibility index (Phi) is 4.59. The molecule has 88 valence electrons. The third-order valence-electron chi connectivity index (χ3n) is 1.63. The van der Waals surface area contributed by atoms with Crippen LogP contribution >= 0.6 is 11.6 Å². The molecule has 0 aromatic heterocycles. The maximum absolute atomic E-state index is 11.4. The van der Waals surface area contributed by atoms with Crippen molar-refractivity contribution in [1.29, 1.82) is 0 Å². The van der Waals surface area contributed by atoms with E-state index in [1.54, 1.807) is 34.6 Å². The van der Waals surface area contributed by atoms with Crippen LogP contribution in [0.15, 0.2) is 0 Å². The first-order valence-electron chi connectivity index (χ1n) is 4.69. The normalized spacial score (nSPS) is 12.1. The number of rotatable bonds is 3. The molecule has 5 heteroatoms. The summed E-state index contributed by atoms with van der Waals surface area (Å²) in [6.45, 7) is 8.43. The van der Waals surface area contributed by atoms with Crippen LogP contribution in [0.4, 0.5) is 4.79 Å². The summed E-state index contributed by atoms with van der Waals surface area (Å²) < 4.78 is 5.02. The van der Waals surface area contributed by atoms with E-state index in [4.69, 9.17) is 16.3 Å². The van der Waals surface area contributed by atoms with Crippen LogP contribution < -0.4 is 5.32 Å². The molecule has 0 aliphatic rings. The fourth-order valence-corrected chi connectivity index (χ4v) is 1.13. The molecule has 0 radical (unpaired) electrons. The number of hydrogen-bond donors (Lipinski definition) is 1. The Balaban J connectivity index is 4.35. The molecule has 0 unspecified atom stereocenters. The van der Waals surface area contributed by atoms with Crippen molar-refractivity contribution in [3.63, 3.8) is 0 Å². The molecule has 15 heavy (non-hydrogen) atoms. The SMILES string of the molecule is CC(C)(C)OC(=O)NC(C)(C)C(=O)CCl. The number of alkyl carbamates (subject to hydrolysis) is 1. The third kappa shape index (κ3) is 5.62. The van der Waals surface area contributed by atoms with Gasteiger partial charge in [0.15, 0.2) is 5.78 Å². The highest BCUT2D eigenvalue weighted by Gasteiger charge is 2.30. The van der Waals surface area contributed by atoms with Gasteiger partial charge < -0.3 is 10.1 Å². The Morgan fingerprint density at radius 1 is 1.20 bits per heavy atom. The fourth-order valence-electron chi connectivity index (χ4n) is 0.796.